The van der Waals surface area contributed by atoms with Crippen LogP contribution >= 0.6 is 23.1 Å². The number of methoxy groups -OCH3 is 2. The Morgan fingerprint density at radius 1 is 0.881 bits per heavy atom. The SMILES string of the molecule is COc1cccc(-c2ncc3snc(O[C@H](Cc4ccccc4OCc4ccnc(-c5ccccc5OC)n4)C(=O)O)c3c2-c2ccc(OCCN(C)C)c(Cl)c2C)c1. The topological polar surface area (TPSA) is 138 Å². The van der Waals surface area contributed by atoms with Crippen LogP contribution in [0, 0.1) is 6.92 Å². The first-order chi connectivity index (χ1) is 28.6. The van der Waals surface area contributed by atoms with Crippen molar-refractivity contribution in [2.45, 2.75) is 26.1 Å². The molecule has 7 rings (SSSR count). The molecule has 0 saturated heterocycles. The van der Waals surface area contributed by atoms with Crippen molar-refractivity contribution < 1.29 is 33.6 Å². The highest BCUT2D eigenvalue weighted by atomic mass is 35.5. The van der Waals surface area contributed by atoms with Crippen molar-refractivity contribution in [2.75, 3.05) is 41.5 Å². The first kappa shape index (κ1) is 40.9. The number of nitrogens with zero attached hydrogens (tertiary/aromatic N) is 5. The van der Waals surface area contributed by atoms with Gasteiger partial charge in [-0.05, 0) is 91.7 Å². The minimum Gasteiger partial charge on any atom is -0.497 e. The maximum absolute atomic E-state index is 13.0. The van der Waals surface area contributed by atoms with Crippen LogP contribution in [0.25, 0.3) is 43.9 Å². The zero-order chi connectivity index (χ0) is 41.5. The number of benzene rings is 4. The molecule has 0 aliphatic heterocycles. The quantitative estimate of drug-likeness (QED) is 0.0937. The maximum atomic E-state index is 13.0. The number of hydrogen-bond acceptors (Lipinski definition) is 12. The molecule has 3 heterocycles. The third kappa shape index (κ3) is 9.23. The molecule has 14 heteroatoms. The molecule has 1 atom stereocenters. The summed E-state index contributed by atoms with van der Waals surface area (Å²) >= 11 is 8.16. The molecule has 0 amide bonds. The molecule has 0 aliphatic rings. The van der Waals surface area contributed by atoms with Crippen LogP contribution in [0.3, 0.4) is 0 Å². The number of para-hydroxylation sites is 2. The van der Waals surface area contributed by atoms with E-state index in [0.29, 0.717) is 73.1 Å². The molecule has 7 aromatic rings. The summed E-state index contributed by atoms with van der Waals surface area (Å²) in [6.07, 6.45) is 2.03. The second-order valence-electron chi connectivity index (χ2n) is 13.8. The number of carbonyl (C=O) groups is 1. The van der Waals surface area contributed by atoms with Gasteiger partial charge in [0.05, 0.1) is 46.3 Å². The summed E-state index contributed by atoms with van der Waals surface area (Å²) in [7, 11) is 7.16. The molecule has 3 aromatic heterocycles. The largest absolute Gasteiger partial charge is 0.497 e. The fourth-order valence-electron chi connectivity index (χ4n) is 6.54. The van der Waals surface area contributed by atoms with Crippen molar-refractivity contribution in [3.8, 4) is 62.7 Å². The van der Waals surface area contributed by atoms with E-state index in [2.05, 4.69) is 9.36 Å². The Hall–Kier alpha value is -6.28. The van der Waals surface area contributed by atoms with Gasteiger partial charge in [-0.1, -0.05) is 60.1 Å². The van der Waals surface area contributed by atoms with Crippen LogP contribution in [0.15, 0.2) is 103 Å². The Balaban J connectivity index is 1.22. The zero-order valence-corrected chi connectivity index (χ0v) is 34.7. The number of likely N-dealkylation sites (N-methyl/N-ethyl adjacent to an activating group) is 1. The monoisotopic (exact) mass is 831 g/mol. The van der Waals surface area contributed by atoms with Crippen LogP contribution in [-0.4, -0.2) is 82.9 Å². The molecule has 0 saturated carbocycles. The smallest absolute Gasteiger partial charge is 0.345 e. The summed E-state index contributed by atoms with van der Waals surface area (Å²) in [6, 6.07) is 27.9. The Labute approximate surface area is 351 Å². The highest BCUT2D eigenvalue weighted by Gasteiger charge is 2.28. The Morgan fingerprint density at radius 3 is 2.46 bits per heavy atom. The lowest BCUT2D eigenvalue weighted by Crippen LogP contribution is -2.29. The van der Waals surface area contributed by atoms with E-state index < -0.39 is 12.1 Å². The number of pyridine rings is 1. The van der Waals surface area contributed by atoms with Crippen molar-refractivity contribution in [3.63, 3.8) is 0 Å². The van der Waals surface area contributed by atoms with Gasteiger partial charge >= 0.3 is 5.97 Å². The molecule has 0 radical (unpaired) electrons. The van der Waals surface area contributed by atoms with E-state index in [0.717, 1.165) is 28.8 Å². The van der Waals surface area contributed by atoms with Crippen molar-refractivity contribution >= 4 is 39.2 Å². The molecule has 302 valence electrons. The minimum absolute atomic E-state index is 0.0201. The number of carboxylic acid groups (broad SMARTS) is 1. The normalized spacial score (nSPS) is 11.7. The Kier molecular flexibility index (Phi) is 12.9. The van der Waals surface area contributed by atoms with Gasteiger partial charge in [0.2, 0.25) is 12.0 Å². The molecule has 12 nitrogen and oxygen atoms in total. The third-order valence-electron chi connectivity index (χ3n) is 9.59. The number of hydrogen-bond donors (Lipinski definition) is 1. The molecule has 0 fully saturated rings. The van der Waals surface area contributed by atoms with Gasteiger partial charge in [-0.15, -0.1) is 0 Å². The number of aromatic nitrogens is 4. The van der Waals surface area contributed by atoms with Gasteiger partial charge in [-0.25, -0.2) is 14.8 Å². The number of carboxylic acids is 1. The lowest BCUT2D eigenvalue weighted by molar-refractivity contribution is -0.145. The van der Waals surface area contributed by atoms with E-state index in [4.69, 9.17) is 45.3 Å². The average molecular weight is 832 g/mol. The highest BCUT2D eigenvalue weighted by molar-refractivity contribution is 7.13. The fraction of sp³-hybridized carbons (Fsp3) is 0.222. The lowest BCUT2D eigenvalue weighted by atomic mass is 9.93. The van der Waals surface area contributed by atoms with Crippen LogP contribution in [0.5, 0.6) is 28.9 Å². The van der Waals surface area contributed by atoms with Crippen molar-refractivity contribution in [3.05, 3.63) is 125 Å². The summed E-state index contributed by atoms with van der Waals surface area (Å²) in [6.45, 7) is 3.21. The second-order valence-corrected chi connectivity index (χ2v) is 14.9. The van der Waals surface area contributed by atoms with Crippen LogP contribution in [0.2, 0.25) is 5.02 Å². The second kappa shape index (κ2) is 18.5. The van der Waals surface area contributed by atoms with E-state index in [9.17, 15) is 9.90 Å². The molecular formula is C45H42ClN5O7S. The van der Waals surface area contributed by atoms with Crippen molar-refractivity contribution in [1.82, 2.24) is 24.2 Å². The first-order valence-electron chi connectivity index (χ1n) is 18.7. The van der Waals surface area contributed by atoms with Gasteiger partial charge in [-0.3, -0.25) is 4.98 Å². The summed E-state index contributed by atoms with van der Waals surface area (Å²) in [5.41, 5.74) is 5.61. The summed E-state index contributed by atoms with van der Waals surface area (Å²) in [5.74, 6) is 1.84. The summed E-state index contributed by atoms with van der Waals surface area (Å²) in [4.78, 5) is 29.1. The van der Waals surface area contributed by atoms with Crippen LogP contribution in [0.4, 0.5) is 0 Å². The highest BCUT2D eigenvalue weighted by Crippen LogP contribution is 2.46. The molecular weight excluding hydrogens is 790 g/mol. The number of aliphatic carboxylic acids is 1. The standard InChI is InChI=1S/C45H42ClN5O7S/c1-27-32(17-18-36(41(27)46)56-22-21-51(2)3)39-40-38(25-48-42(39)29-12-10-13-31(23-29)54-4)59-50-44(40)58-37(45(52)53)24-28-11-6-8-15-34(28)57-26-30-19-20-47-43(49-30)33-14-7-9-16-35(33)55-5/h6-20,23,25,37H,21-22,24,26H2,1-5H3,(H,52,53)/t37-/m1/s1. The van der Waals surface area contributed by atoms with E-state index >= 15 is 0 Å². The Bertz CT molecular complexity index is 2600. The molecule has 4 aromatic carbocycles. The van der Waals surface area contributed by atoms with Gasteiger partial charge in [-0.2, -0.15) is 4.37 Å². The summed E-state index contributed by atoms with van der Waals surface area (Å²) < 4.78 is 35.1. The first-order valence-corrected chi connectivity index (χ1v) is 19.9. The minimum atomic E-state index is -1.33. The molecule has 59 heavy (non-hydrogen) atoms. The Morgan fingerprint density at radius 2 is 1.68 bits per heavy atom. The molecule has 0 aliphatic carbocycles. The zero-order valence-electron chi connectivity index (χ0n) is 33.1. The summed E-state index contributed by atoms with van der Waals surface area (Å²) in [5, 5.41) is 11.7. The predicted molar refractivity (Wildman–Crippen MR) is 229 cm³/mol. The van der Waals surface area contributed by atoms with E-state index in [1.54, 1.807) is 38.7 Å². The van der Waals surface area contributed by atoms with Gasteiger partial charge in [0.15, 0.2) is 5.82 Å². The van der Waals surface area contributed by atoms with Crippen LogP contribution < -0.4 is 23.7 Å². The van der Waals surface area contributed by atoms with E-state index in [-0.39, 0.29) is 18.9 Å². The lowest BCUT2D eigenvalue weighted by Gasteiger charge is -2.19. The van der Waals surface area contributed by atoms with Gasteiger partial charge in [0, 0.05) is 36.5 Å². The van der Waals surface area contributed by atoms with Gasteiger partial charge in [0.25, 0.3) is 0 Å². The number of ether oxygens (including phenoxy) is 5. The molecule has 0 spiro atoms. The van der Waals surface area contributed by atoms with Gasteiger partial charge < -0.3 is 33.7 Å². The average Bonchev–Trinajstić information content (AvgIpc) is 3.67. The van der Waals surface area contributed by atoms with Crippen molar-refractivity contribution in [2.24, 2.45) is 0 Å². The fourth-order valence-corrected chi connectivity index (χ4v) is 7.45. The number of rotatable bonds is 17. The number of halogens is 1. The molecule has 0 unspecified atom stereocenters. The van der Waals surface area contributed by atoms with Crippen LogP contribution in [0.1, 0.15) is 16.8 Å². The van der Waals surface area contributed by atoms with Crippen LogP contribution in [-0.2, 0) is 17.8 Å². The molecule has 0 bridgehead atoms. The molecule has 1 N–H and O–H groups in total. The third-order valence-corrected chi connectivity index (χ3v) is 10.8. The van der Waals surface area contributed by atoms with Crippen molar-refractivity contribution in [1.29, 1.82) is 0 Å². The van der Waals surface area contributed by atoms with E-state index in [1.165, 1.54) is 11.5 Å². The number of fused-ring (bicyclic) bond motifs is 1. The van der Waals surface area contributed by atoms with Gasteiger partial charge in [0.1, 0.15) is 36.2 Å². The maximum Gasteiger partial charge on any atom is 0.345 e. The van der Waals surface area contributed by atoms with E-state index in [1.807, 2.05) is 105 Å². The predicted octanol–water partition coefficient (Wildman–Crippen LogP) is 9.06.